The van der Waals surface area contributed by atoms with Crippen LogP contribution in [0.5, 0.6) is 5.75 Å². The van der Waals surface area contributed by atoms with Crippen molar-refractivity contribution in [2.45, 2.75) is 13.3 Å². The number of likely N-dealkylation sites (N-methyl/N-ethyl adjacent to an activating group) is 1. The van der Waals surface area contributed by atoms with Crippen molar-refractivity contribution in [2.75, 3.05) is 51.3 Å². The molecule has 0 atom stereocenters. The van der Waals surface area contributed by atoms with Gasteiger partial charge in [0, 0.05) is 55.4 Å². The summed E-state index contributed by atoms with van der Waals surface area (Å²) in [7, 11) is 1.67. The molecule has 0 N–H and O–H groups in total. The maximum atomic E-state index is 12.9. The second-order valence-corrected chi connectivity index (χ2v) is 8.20. The normalized spacial score (nSPS) is 16.6. The molecule has 0 saturated carbocycles. The lowest BCUT2D eigenvalue weighted by molar-refractivity contribution is 0.0643. The Morgan fingerprint density at radius 2 is 1.77 bits per heavy atom. The largest absolute Gasteiger partial charge is 0.497 e. The van der Waals surface area contributed by atoms with Gasteiger partial charge in [-0.05, 0) is 61.0 Å². The highest BCUT2D eigenvalue weighted by Crippen LogP contribution is 2.35. The monoisotopic (exact) mass is 416 g/mol. The highest BCUT2D eigenvalue weighted by molar-refractivity contribution is 5.95. The van der Waals surface area contributed by atoms with Gasteiger partial charge in [0.2, 0.25) is 0 Å². The van der Waals surface area contributed by atoms with Gasteiger partial charge in [-0.1, -0.05) is 6.92 Å². The molecule has 0 aliphatic carbocycles. The summed E-state index contributed by atoms with van der Waals surface area (Å²) in [5, 5.41) is 1.13. The molecule has 3 heterocycles. The molecule has 6 nitrogen and oxygen atoms in total. The molecular weight excluding hydrogens is 388 g/mol. The number of nitrogens with zero attached hydrogens (tertiary/aromatic N) is 4. The van der Waals surface area contributed by atoms with Crippen LogP contribution in [-0.2, 0) is 6.42 Å². The molecule has 2 aliphatic rings. The number of methoxy groups -OCH3 is 1. The Labute approximate surface area is 183 Å². The van der Waals surface area contributed by atoms with Gasteiger partial charge in [-0.2, -0.15) is 0 Å². The molecule has 0 spiro atoms. The van der Waals surface area contributed by atoms with E-state index in [0.29, 0.717) is 0 Å². The number of benzene rings is 2. The average molecular weight is 417 g/mol. The summed E-state index contributed by atoms with van der Waals surface area (Å²) in [4.78, 5) is 24.4. The van der Waals surface area contributed by atoms with Crippen LogP contribution in [0.2, 0.25) is 0 Å². The summed E-state index contributed by atoms with van der Waals surface area (Å²) in [5.41, 5.74) is 4.01. The predicted octanol–water partition coefficient (Wildman–Crippen LogP) is 3.72. The lowest BCUT2D eigenvalue weighted by Gasteiger charge is -2.34. The number of carbonyl (C=O) groups is 1. The minimum atomic E-state index is 0.125. The fraction of sp³-hybridized carbons (Fsp3) is 0.360. The third kappa shape index (κ3) is 3.72. The van der Waals surface area contributed by atoms with Gasteiger partial charge in [-0.3, -0.25) is 4.79 Å². The SMILES string of the molecule is CCN1CCN(C(=O)c2ccc(N3CCc4cc5ccc(OC)cc5nc43)cc2)CC1. The van der Waals surface area contributed by atoms with Gasteiger partial charge >= 0.3 is 0 Å². The van der Waals surface area contributed by atoms with Crippen LogP contribution in [0.3, 0.4) is 0 Å². The van der Waals surface area contributed by atoms with Crippen LogP contribution in [0.1, 0.15) is 22.8 Å². The number of rotatable bonds is 4. The Morgan fingerprint density at radius 1 is 1.00 bits per heavy atom. The van der Waals surface area contributed by atoms with Gasteiger partial charge < -0.3 is 19.4 Å². The summed E-state index contributed by atoms with van der Waals surface area (Å²) in [6, 6.07) is 16.2. The van der Waals surface area contributed by atoms with Gasteiger partial charge in [-0.15, -0.1) is 0 Å². The van der Waals surface area contributed by atoms with E-state index in [-0.39, 0.29) is 5.91 Å². The van der Waals surface area contributed by atoms with Crippen LogP contribution in [0.15, 0.2) is 48.5 Å². The number of hydrogen-bond donors (Lipinski definition) is 0. The first-order chi connectivity index (χ1) is 15.2. The molecule has 160 valence electrons. The number of hydrogen-bond acceptors (Lipinski definition) is 5. The number of anilines is 2. The molecule has 31 heavy (non-hydrogen) atoms. The zero-order valence-corrected chi connectivity index (χ0v) is 18.2. The first-order valence-electron chi connectivity index (χ1n) is 11.0. The first-order valence-corrected chi connectivity index (χ1v) is 11.0. The van der Waals surface area contributed by atoms with Crippen LogP contribution in [-0.4, -0.2) is 67.1 Å². The van der Waals surface area contributed by atoms with Gasteiger partial charge in [-0.25, -0.2) is 4.98 Å². The van der Waals surface area contributed by atoms with E-state index in [1.807, 2.05) is 41.3 Å². The van der Waals surface area contributed by atoms with Crippen LogP contribution < -0.4 is 9.64 Å². The fourth-order valence-electron chi connectivity index (χ4n) is 4.55. The van der Waals surface area contributed by atoms with Gasteiger partial charge in [0.25, 0.3) is 5.91 Å². The van der Waals surface area contributed by atoms with Crippen LogP contribution in [0.25, 0.3) is 10.9 Å². The standard InChI is InChI=1S/C25H28N4O2/c1-3-27-12-14-28(15-13-27)25(30)18-4-7-21(8-5-18)29-11-10-20-16-19-6-9-22(31-2)17-23(19)26-24(20)29/h4-9,16-17H,3,10-15H2,1-2H3. The molecule has 5 rings (SSSR count). The first kappa shape index (κ1) is 19.8. The molecule has 3 aromatic rings. The molecule has 6 heteroatoms. The summed E-state index contributed by atoms with van der Waals surface area (Å²) >= 11 is 0. The molecule has 1 fully saturated rings. The van der Waals surface area contributed by atoms with Crippen molar-refractivity contribution in [1.82, 2.24) is 14.8 Å². The second kappa shape index (κ2) is 8.19. The minimum Gasteiger partial charge on any atom is -0.497 e. The molecule has 2 aromatic carbocycles. The van der Waals surface area contributed by atoms with Gasteiger partial charge in [0.05, 0.1) is 12.6 Å². The maximum Gasteiger partial charge on any atom is 0.253 e. The van der Waals surface area contributed by atoms with E-state index in [9.17, 15) is 4.79 Å². The summed E-state index contributed by atoms with van der Waals surface area (Å²) in [5.74, 6) is 1.93. The van der Waals surface area contributed by atoms with E-state index in [2.05, 4.69) is 28.9 Å². The lowest BCUT2D eigenvalue weighted by atomic mass is 10.1. The Kier molecular flexibility index (Phi) is 5.24. The Balaban J connectivity index is 1.36. The van der Waals surface area contributed by atoms with E-state index in [1.54, 1.807) is 7.11 Å². The quantitative estimate of drug-likeness (QED) is 0.649. The second-order valence-electron chi connectivity index (χ2n) is 8.20. The Hall–Kier alpha value is -3.12. The van der Waals surface area contributed by atoms with E-state index in [0.717, 1.165) is 79.4 Å². The third-order valence-electron chi connectivity index (χ3n) is 6.47. The highest BCUT2D eigenvalue weighted by atomic mass is 16.5. The van der Waals surface area contributed by atoms with Gasteiger partial charge in [0.1, 0.15) is 11.6 Å². The van der Waals surface area contributed by atoms with Crippen molar-refractivity contribution in [1.29, 1.82) is 0 Å². The van der Waals surface area contributed by atoms with Crippen molar-refractivity contribution >= 4 is 28.3 Å². The molecule has 0 radical (unpaired) electrons. The van der Waals surface area contributed by atoms with E-state index >= 15 is 0 Å². The number of carbonyl (C=O) groups excluding carboxylic acids is 1. The number of amides is 1. The fourth-order valence-corrected chi connectivity index (χ4v) is 4.55. The lowest BCUT2D eigenvalue weighted by Crippen LogP contribution is -2.48. The topological polar surface area (TPSA) is 48.9 Å². The molecule has 1 amide bonds. The molecule has 1 aromatic heterocycles. The molecular formula is C25H28N4O2. The molecule has 1 saturated heterocycles. The summed E-state index contributed by atoms with van der Waals surface area (Å²) < 4.78 is 5.36. The average Bonchev–Trinajstić information content (AvgIpc) is 3.24. The van der Waals surface area contributed by atoms with Gasteiger partial charge in [0.15, 0.2) is 0 Å². The van der Waals surface area contributed by atoms with Crippen LogP contribution in [0, 0.1) is 0 Å². The van der Waals surface area contributed by atoms with Crippen molar-refractivity contribution < 1.29 is 9.53 Å². The van der Waals surface area contributed by atoms with Crippen molar-refractivity contribution in [3.63, 3.8) is 0 Å². The predicted molar refractivity (Wildman–Crippen MR) is 123 cm³/mol. The Morgan fingerprint density at radius 3 is 2.48 bits per heavy atom. The summed E-state index contributed by atoms with van der Waals surface area (Å²) in [6.45, 7) is 7.61. The van der Waals surface area contributed by atoms with E-state index in [1.165, 1.54) is 5.56 Å². The van der Waals surface area contributed by atoms with Crippen molar-refractivity contribution in [3.05, 3.63) is 59.7 Å². The molecule has 0 bridgehead atoms. The third-order valence-corrected chi connectivity index (χ3v) is 6.47. The highest BCUT2D eigenvalue weighted by Gasteiger charge is 2.24. The maximum absolute atomic E-state index is 12.9. The van der Waals surface area contributed by atoms with E-state index < -0.39 is 0 Å². The number of fused-ring (bicyclic) bond motifs is 2. The zero-order chi connectivity index (χ0) is 21.4. The van der Waals surface area contributed by atoms with Crippen molar-refractivity contribution in [3.8, 4) is 5.75 Å². The summed E-state index contributed by atoms with van der Waals surface area (Å²) in [6.07, 6.45) is 0.965. The number of ether oxygens (including phenoxy) is 1. The minimum absolute atomic E-state index is 0.125. The van der Waals surface area contributed by atoms with E-state index in [4.69, 9.17) is 9.72 Å². The van der Waals surface area contributed by atoms with Crippen LogP contribution in [0.4, 0.5) is 11.5 Å². The number of aromatic nitrogens is 1. The number of piperazine rings is 1. The number of pyridine rings is 1. The molecule has 2 aliphatic heterocycles. The Bertz CT molecular complexity index is 1100. The van der Waals surface area contributed by atoms with Crippen LogP contribution >= 0.6 is 0 Å². The zero-order valence-electron chi connectivity index (χ0n) is 18.2. The molecule has 0 unspecified atom stereocenters. The smallest absolute Gasteiger partial charge is 0.253 e. The van der Waals surface area contributed by atoms with Crippen molar-refractivity contribution in [2.24, 2.45) is 0 Å².